The highest BCUT2D eigenvalue weighted by atomic mass is 16.6. The fraction of sp³-hybridized carbons (Fsp3) is 0.679. The molecule has 5 aromatic rings. The SMILES string of the molecule is COC(=O)N1C[C@@H](c2ccc(OC)c(OC3CC4CCC3C4)c2)[C@](C)([C@@H](C)O)C1.COC(=O)N1C[C@@H](c2ccc(OC)c(OC3CCCC3)c2)[C@](C)(C(O)C(C)C)C1.COC(=O)N1C[C@@H](c2ccc(OC)c(OC3CCCC3)c2)[C@](C)([C@@H](C)O)C1.COC(=O)N1C[C@@H](c2ccc(OC)c(OC3CCCC3)c2)[C@](C)([C@H](C)O)C1.COC(=O)N1C[C@H](c2ccc(OC)c(OC3CCCC3)c2)[C@@](C)([C@@H](C)O)C1. The highest BCUT2D eigenvalue weighted by Gasteiger charge is 2.56. The van der Waals surface area contributed by atoms with E-state index in [1.807, 2.05) is 126 Å². The van der Waals surface area contributed by atoms with Gasteiger partial charge in [-0.15, -0.1) is 0 Å². The summed E-state index contributed by atoms with van der Waals surface area (Å²) in [5.74, 6) is 8.76. The third-order valence-electron chi connectivity index (χ3n) is 33.2. The molecule has 5 N–H and O–H groups in total. The Hall–Kier alpha value is -9.75. The smallest absolute Gasteiger partial charge is 0.409 e. The molecule has 30 heteroatoms. The van der Waals surface area contributed by atoms with Crippen LogP contribution >= 0.6 is 0 Å². The normalized spacial score (nSPS) is 28.2. The molecule has 772 valence electrons. The second-order valence-electron chi connectivity index (χ2n) is 42.4. The topological polar surface area (TPSA) is 341 Å². The van der Waals surface area contributed by atoms with Gasteiger partial charge in [0, 0.05) is 122 Å². The molecule has 5 amide bonds. The summed E-state index contributed by atoms with van der Waals surface area (Å²) in [5.41, 5.74) is 2.88. The summed E-state index contributed by atoms with van der Waals surface area (Å²) in [6, 6.07) is 29.8. The van der Waals surface area contributed by atoms with E-state index < -0.39 is 57.6 Å². The van der Waals surface area contributed by atoms with Crippen LogP contribution in [-0.4, -0.2) is 278 Å². The Kier molecular flexibility index (Phi) is 36.9. The zero-order valence-corrected chi connectivity index (χ0v) is 86.4. The van der Waals surface area contributed by atoms with Gasteiger partial charge in [-0.2, -0.15) is 0 Å². The van der Waals surface area contributed by atoms with E-state index in [1.165, 1.54) is 106 Å². The number of benzene rings is 5. The van der Waals surface area contributed by atoms with Gasteiger partial charge in [0.1, 0.15) is 6.10 Å². The lowest BCUT2D eigenvalue weighted by Crippen LogP contribution is -2.42. The van der Waals surface area contributed by atoms with Crippen molar-refractivity contribution in [1.82, 2.24) is 24.5 Å². The number of fused-ring (bicyclic) bond motifs is 2. The standard InChI is InChI=1S/C23H33NO5.C23H35NO5.3C21H31NO5/c1-14(25)23(2)13-24(22(26)28-4)12-18(23)16-7-8-19(27-3)21(11-16)29-20-10-15-5-6-17(20)9-15;1-15(2)21(25)23(3)14-24(22(26)28-5)13-18(23)16-10-11-19(27-4)20(12-16)29-17-8-6-7-9-17;3*1-14(23)21(2)13-22(20(24)26-4)12-17(21)15-9-10-18(25-3)19(11-15)27-16-7-5-6-8-16/h7-8,11,14-15,17-18,20,25H,5-6,9-10,12-13H2,1-4H3;10-12,15,17-18,21,25H,6-9,13-14H2,1-5H3;3*9-11,14,16-17,23H,5-8,12-13H2,1-4H3/t14-,15?,17?,18+,20?,23+;18-,21?,23+;14-,17+,21+;2*14-,17-,21-/m10110/s1. The van der Waals surface area contributed by atoms with Gasteiger partial charge in [0.05, 0.1) is 126 Å². The molecule has 139 heavy (non-hydrogen) atoms. The molecule has 0 radical (unpaired) electrons. The molecule has 2 bridgehead atoms. The Morgan fingerprint density at radius 1 is 0.288 bits per heavy atom. The van der Waals surface area contributed by atoms with E-state index in [-0.39, 0.29) is 96.5 Å². The number of hydrogen-bond donors (Lipinski definition) is 5. The van der Waals surface area contributed by atoms with E-state index in [4.69, 9.17) is 71.1 Å². The number of carbonyl (C=O) groups excluding carboxylic acids is 5. The predicted molar refractivity (Wildman–Crippen MR) is 528 cm³/mol. The van der Waals surface area contributed by atoms with Crippen molar-refractivity contribution in [2.24, 2.45) is 44.8 Å². The first-order valence-corrected chi connectivity index (χ1v) is 50.6. The van der Waals surface area contributed by atoms with Crippen LogP contribution in [0.15, 0.2) is 91.0 Å². The molecule has 30 nitrogen and oxygen atoms in total. The third-order valence-corrected chi connectivity index (χ3v) is 33.2. The largest absolute Gasteiger partial charge is 0.493 e. The number of hydrogen-bond acceptors (Lipinski definition) is 25. The quantitative estimate of drug-likeness (QED) is 0.0321. The lowest BCUT2D eigenvalue weighted by Gasteiger charge is -2.37. The summed E-state index contributed by atoms with van der Waals surface area (Å²) in [4.78, 5) is 69.0. The molecule has 4 unspecified atom stereocenters. The van der Waals surface area contributed by atoms with Crippen molar-refractivity contribution in [3.05, 3.63) is 119 Å². The Morgan fingerprint density at radius 3 is 0.691 bits per heavy atom. The van der Waals surface area contributed by atoms with Crippen molar-refractivity contribution in [3.8, 4) is 57.5 Å². The molecular weight excluding hydrogens is 1780 g/mol. The maximum absolute atomic E-state index is 12.2. The van der Waals surface area contributed by atoms with Crippen LogP contribution < -0.4 is 47.4 Å². The Bertz CT molecular complexity index is 4600. The average molecular weight is 1940 g/mol. The number of likely N-dealkylation sites (tertiary alicyclic amines) is 5. The van der Waals surface area contributed by atoms with E-state index in [0.29, 0.717) is 88.6 Å². The zero-order chi connectivity index (χ0) is 101. The fourth-order valence-electron chi connectivity index (χ4n) is 23.8. The average Bonchev–Trinajstić information content (AvgIpc) is 1.61. The Labute approximate surface area is 824 Å². The Morgan fingerprint density at radius 2 is 0.504 bits per heavy atom. The van der Waals surface area contributed by atoms with Crippen LogP contribution in [0.1, 0.15) is 262 Å². The van der Waals surface area contributed by atoms with E-state index in [1.54, 1.807) is 87.7 Å². The Balaban J connectivity index is 0.000000156. The maximum Gasteiger partial charge on any atom is 0.409 e. The molecule has 5 aromatic carbocycles. The minimum absolute atomic E-state index is 0.0186. The molecular formula is C109H161N5O25. The van der Waals surface area contributed by atoms with Crippen LogP contribution in [0.25, 0.3) is 0 Å². The van der Waals surface area contributed by atoms with Crippen molar-refractivity contribution < 1.29 is 121 Å². The van der Waals surface area contributed by atoms with Crippen molar-refractivity contribution in [2.75, 3.05) is 137 Å². The first kappa shape index (κ1) is 108. The zero-order valence-electron chi connectivity index (χ0n) is 86.4. The summed E-state index contributed by atoms with van der Waals surface area (Å²) in [6.45, 7) is 26.1. The van der Waals surface area contributed by atoms with Crippen LogP contribution in [0, 0.1) is 44.8 Å². The van der Waals surface area contributed by atoms with Crippen LogP contribution in [0.5, 0.6) is 57.5 Å². The number of methoxy groups -OCH3 is 10. The first-order chi connectivity index (χ1) is 66.3. The highest BCUT2D eigenvalue weighted by Crippen LogP contribution is 2.56. The second-order valence-corrected chi connectivity index (χ2v) is 42.4. The van der Waals surface area contributed by atoms with Crippen molar-refractivity contribution in [1.29, 1.82) is 0 Å². The lowest BCUT2D eigenvalue weighted by molar-refractivity contribution is -0.000911. The highest BCUT2D eigenvalue weighted by molar-refractivity contribution is 5.71. The molecule has 5 aliphatic heterocycles. The van der Waals surface area contributed by atoms with Gasteiger partial charge < -0.3 is 121 Å². The van der Waals surface area contributed by atoms with Crippen LogP contribution in [0.4, 0.5) is 24.0 Å². The number of ether oxygens (including phenoxy) is 15. The molecule has 5 saturated heterocycles. The number of rotatable bonds is 26. The van der Waals surface area contributed by atoms with Gasteiger partial charge in [-0.05, 0) is 262 Å². The van der Waals surface area contributed by atoms with E-state index in [2.05, 4.69) is 13.0 Å². The maximum atomic E-state index is 12.2. The fourth-order valence-corrected chi connectivity index (χ4v) is 23.8. The van der Waals surface area contributed by atoms with Gasteiger partial charge in [-0.1, -0.05) is 78.8 Å². The van der Waals surface area contributed by atoms with E-state index in [9.17, 15) is 49.5 Å². The number of aliphatic hydroxyl groups excluding tert-OH is 5. The molecule has 6 saturated carbocycles. The summed E-state index contributed by atoms with van der Waals surface area (Å²) >= 11 is 0. The van der Waals surface area contributed by atoms with Crippen LogP contribution in [-0.2, 0) is 23.7 Å². The van der Waals surface area contributed by atoms with Gasteiger partial charge in [-0.25, -0.2) is 24.0 Å². The summed E-state index contributed by atoms with van der Waals surface area (Å²) in [5, 5.41) is 53.0. The predicted octanol–water partition coefficient (Wildman–Crippen LogP) is 18.7. The number of aliphatic hydroxyl groups is 5. The molecule has 16 rings (SSSR count). The third kappa shape index (κ3) is 24.4. The summed E-state index contributed by atoms with van der Waals surface area (Å²) in [7, 11) is 15.2. The van der Waals surface area contributed by atoms with E-state index in [0.717, 1.165) is 132 Å². The van der Waals surface area contributed by atoms with Gasteiger partial charge in [0.15, 0.2) is 57.5 Å². The van der Waals surface area contributed by atoms with Crippen LogP contribution in [0.3, 0.4) is 0 Å². The molecule has 11 aliphatic rings. The molecule has 0 aromatic heterocycles. The molecule has 5 heterocycles. The summed E-state index contributed by atoms with van der Waals surface area (Å²) in [6.07, 6.45) is 19.7. The van der Waals surface area contributed by atoms with Gasteiger partial charge in [0.2, 0.25) is 0 Å². The number of nitrogens with zero attached hydrogens (tertiary/aromatic N) is 5. The van der Waals surface area contributed by atoms with Crippen LogP contribution in [0.2, 0.25) is 0 Å². The molecule has 0 spiro atoms. The van der Waals surface area contributed by atoms with E-state index >= 15 is 0 Å². The van der Waals surface area contributed by atoms with Gasteiger partial charge >= 0.3 is 30.5 Å². The monoisotopic (exact) mass is 1940 g/mol. The number of amides is 5. The van der Waals surface area contributed by atoms with Crippen molar-refractivity contribution >= 4 is 30.5 Å². The molecule has 11 fully saturated rings. The number of carbonyl (C=O) groups is 5. The second kappa shape index (κ2) is 47.4. The van der Waals surface area contributed by atoms with Crippen molar-refractivity contribution in [3.63, 3.8) is 0 Å². The minimum atomic E-state index is -0.571. The van der Waals surface area contributed by atoms with Crippen molar-refractivity contribution in [2.45, 2.75) is 295 Å². The minimum Gasteiger partial charge on any atom is -0.493 e. The molecule has 6 aliphatic carbocycles. The first-order valence-electron chi connectivity index (χ1n) is 50.6. The van der Waals surface area contributed by atoms with Gasteiger partial charge in [0.25, 0.3) is 0 Å². The van der Waals surface area contributed by atoms with Gasteiger partial charge in [-0.3, -0.25) is 0 Å². The molecule has 18 atom stereocenters. The summed E-state index contributed by atoms with van der Waals surface area (Å²) < 4.78 is 83.6. The lowest BCUT2D eigenvalue weighted by atomic mass is 9.69.